The van der Waals surface area contributed by atoms with Crippen molar-refractivity contribution in [3.63, 3.8) is 0 Å². The molecule has 0 saturated carbocycles. The highest BCUT2D eigenvalue weighted by atomic mass is 16.5. The number of ether oxygens (including phenoxy) is 1. The van der Waals surface area contributed by atoms with Crippen molar-refractivity contribution in [1.82, 2.24) is 9.88 Å². The van der Waals surface area contributed by atoms with Gasteiger partial charge in [-0.2, -0.15) is 5.26 Å². The average Bonchev–Trinajstić information content (AvgIpc) is 2.91. The smallest absolute Gasteiger partial charge is 0.227 e. The van der Waals surface area contributed by atoms with Gasteiger partial charge in [0, 0.05) is 37.3 Å². The summed E-state index contributed by atoms with van der Waals surface area (Å²) >= 11 is 0. The van der Waals surface area contributed by atoms with Crippen molar-refractivity contribution in [3.8, 4) is 6.07 Å². The first kappa shape index (κ1) is 15.1. The minimum atomic E-state index is 0.0204. The molecule has 0 bridgehead atoms. The van der Waals surface area contributed by atoms with E-state index in [-0.39, 0.29) is 5.91 Å². The lowest BCUT2D eigenvalue weighted by Gasteiger charge is -2.21. The number of nitrogens with zero attached hydrogens (tertiary/aromatic N) is 2. The first-order chi connectivity index (χ1) is 10.3. The van der Waals surface area contributed by atoms with Gasteiger partial charge >= 0.3 is 0 Å². The molecule has 0 fully saturated rings. The zero-order valence-electron chi connectivity index (χ0n) is 12.1. The first-order valence-corrected chi connectivity index (χ1v) is 6.95. The van der Waals surface area contributed by atoms with Gasteiger partial charge in [0.1, 0.15) is 0 Å². The SMILES string of the molecule is COCCN(CCC#N)C(=O)Cc1c[nH]c2ccccc12. The van der Waals surface area contributed by atoms with E-state index in [4.69, 9.17) is 10.00 Å². The van der Waals surface area contributed by atoms with Gasteiger partial charge in [0.15, 0.2) is 0 Å². The quantitative estimate of drug-likeness (QED) is 0.847. The molecule has 2 rings (SSSR count). The van der Waals surface area contributed by atoms with Crippen LogP contribution >= 0.6 is 0 Å². The number of H-pyrrole nitrogens is 1. The number of carbonyl (C=O) groups excluding carboxylic acids is 1. The zero-order valence-corrected chi connectivity index (χ0v) is 12.1. The maximum Gasteiger partial charge on any atom is 0.227 e. The maximum absolute atomic E-state index is 12.4. The number of aromatic amines is 1. The molecule has 110 valence electrons. The van der Waals surface area contributed by atoms with Crippen LogP contribution in [0.25, 0.3) is 10.9 Å². The molecule has 0 radical (unpaired) electrons. The Morgan fingerprint density at radius 2 is 2.19 bits per heavy atom. The van der Waals surface area contributed by atoms with Crippen molar-refractivity contribution in [2.45, 2.75) is 12.8 Å². The molecule has 5 nitrogen and oxygen atoms in total. The van der Waals surface area contributed by atoms with E-state index in [9.17, 15) is 4.79 Å². The number of hydrogen-bond acceptors (Lipinski definition) is 3. The maximum atomic E-state index is 12.4. The highest BCUT2D eigenvalue weighted by Gasteiger charge is 2.15. The summed E-state index contributed by atoms with van der Waals surface area (Å²) in [5.74, 6) is 0.0204. The number of benzene rings is 1. The van der Waals surface area contributed by atoms with Crippen molar-refractivity contribution >= 4 is 16.8 Å². The van der Waals surface area contributed by atoms with Gasteiger partial charge < -0.3 is 14.6 Å². The van der Waals surface area contributed by atoms with Gasteiger partial charge in [0.2, 0.25) is 5.91 Å². The summed E-state index contributed by atoms with van der Waals surface area (Å²) in [5, 5.41) is 9.76. The lowest BCUT2D eigenvalue weighted by Crippen LogP contribution is -2.35. The van der Waals surface area contributed by atoms with Crippen LogP contribution < -0.4 is 0 Å². The number of carbonyl (C=O) groups is 1. The number of methoxy groups -OCH3 is 1. The Morgan fingerprint density at radius 3 is 2.95 bits per heavy atom. The largest absolute Gasteiger partial charge is 0.383 e. The van der Waals surface area contributed by atoms with E-state index in [1.807, 2.05) is 30.5 Å². The first-order valence-electron chi connectivity index (χ1n) is 6.95. The molecule has 1 heterocycles. The number of rotatable bonds is 7. The van der Waals surface area contributed by atoms with Crippen molar-refractivity contribution < 1.29 is 9.53 Å². The molecule has 1 aromatic heterocycles. The molecule has 0 aliphatic rings. The zero-order chi connectivity index (χ0) is 15.1. The molecule has 1 N–H and O–H groups in total. The van der Waals surface area contributed by atoms with E-state index in [1.54, 1.807) is 12.0 Å². The van der Waals surface area contributed by atoms with E-state index < -0.39 is 0 Å². The molecule has 2 aromatic rings. The van der Waals surface area contributed by atoms with E-state index in [0.29, 0.717) is 32.5 Å². The fourth-order valence-corrected chi connectivity index (χ4v) is 2.30. The third-order valence-corrected chi connectivity index (χ3v) is 3.43. The number of para-hydroxylation sites is 1. The van der Waals surface area contributed by atoms with E-state index in [0.717, 1.165) is 16.5 Å². The fourth-order valence-electron chi connectivity index (χ4n) is 2.30. The van der Waals surface area contributed by atoms with Crippen molar-refractivity contribution in [2.75, 3.05) is 26.8 Å². The van der Waals surface area contributed by atoms with Crippen LogP contribution in [0.3, 0.4) is 0 Å². The number of hydrogen-bond donors (Lipinski definition) is 1. The van der Waals surface area contributed by atoms with E-state index >= 15 is 0 Å². The molecular weight excluding hydrogens is 266 g/mol. The Morgan fingerprint density at radius 1 is 1.38 bits per heavy atom. The predicted molar refractivity (Wildman–Crippen MR) is 80.7 cm³/mol. The second kappa shape index (κ2) is 7.46. The molecular formula is C16H19N3O2. The second-order valence-corrected chi connectivity index (χ2v) is 4.82. The molecule has 0 unspecified atom stereocenters. The van der Waals surface area contributed by atoms with Gasteiger partial charge in [-0.3, -0.25) is 4.79 Å². The molecule has 0 spiro atoms. The minimum absolute atomic E-state index is 0.0204. The Bertz CT molecular complexity index is 642. The van der Waals surface area contributed by atoms with Crippen LogP contribution in [0.4, 0.5) is 0 Å². The number of fused-ring (bicyclic) bond motifs is 1. The summed E-state index contributed by atoms with van der Waals surface area (Å²) in [6, 6.07) is 9.99. The Kier molecular flexibility index (Phi) is 5.35. The monoisotopic (exact) mass is 285 g/mol. The lowest BCUT2D eigenvalue weighted by molar-refractivity contribution is -0.131. The van der Waals surface area contributed by atoms with Crippen molar-refractivity contribution in [1.29, 1.82) is 5.26 Å². The number of amides is 1. The third kappa shape index (κ3) is 3.83. The molecule has 0 atom stereocenters. The summed E-state index contributed by atoms with van der Waals surface area (Å²) in [4.78, 5) is 17.3. The van der Waals surface area contributed by atoms with E-state index in [2.05, 4.69) is 11.1 Å². The fraction of sp³-hybridized carbons (Fsp3) is 0.375. The molecule has 1 amide bonds. The summed E-state index contributed by atoms with van der Waals surface area (Å²) in [6.45, 7) is 1.44. The van der Waals surface area contributed by atoms with Gasteiger partial charge in [-0.15, -0.1) is 0 Å². The summed E-state index contributed by atoms with van der Waals surface area (Å²) < 4.78 is 5.02. The van der Waals surface area contributed by atoms with Gasteiger partial charge in [0.25, 0.3) is 0 Å². The normalized spacial score (nSPS) is 10.5. The van der Waals surface area contributed by atoms with Crippen LogP contribution in [-0.4, -0.2) is 42.6 Å². The highest BCUT2D eigenvalue weighted by molar-refractivity contribution is 5.88. The third-order valence-electron chi connectivity index (χ3n) is 3.43. The molecule has 0 saturated heterocycles. The molecule has 1 aromatic carbocycles. The molecule has 5 heteroatoms. The van der Waals surface area contributed by atoms with Gasteiger partial charge in [-0.05, 0) is 11.6 Å². The van der Waals surface area contributed by atoms with Crippen molar-refractivity contribution in [3.05, 3.63) is 36.0 Å². The van der Waals surface area contributed by atoms with Crippen molar-refractivity contribution in [2.24, 2.45) is 0 Å². The number of nitrogens with one attached hydrogen (secondary N) is 1. The van der Waals surface area contributed by atoms with Crippen LogP contribution in [0, 0.1) is 11.3 Å². The van der Waals surface area contributed by atoms with Gasteiger partial charge in [-0.25, -0.2) is 0 Å². The van der Waals surface area contributed by atoms with Gasteiger partial charge in [-0.1, -0.05) is 18.2 Å². The summed E-state index contributed by atoms with van der Waals surface area (Å²) in [7, 11) is 1.60. The summed E-state index contributed by atoms with van der Waals surface area (Å²) in [5.41, 5.74) is 2.01. The van der Waals surface area contributed by atoms with Crippen LogP contribution in [0.5, 0.6) is 0 Å². The number of aromatic nitrogens is 1. The second-order valence-electron chi connectivity index (χ2n) is 4.82. The lowest BCUT2D eigenvalue weighted by atomic mass is 10.1. The Hall–Kier alpha value is -2.32. The predicted octanol–water partition coefficient (Wildman–Crippen LogP) is 2.10. The van der Waals surface area contributed by atoms with Crippen LogP contribution in [0.1, 0.15) is 12.0 Å². The topological polar surface area (TPSA) is 69.1 Å². The van der Waals surface area contributed by atoms with Gasteiger partial charge in [0.05, 0.1) is 25.5 Å². The Labute approximate surface area is 124 Å². The van der Waals surface area contributed by atoms with Crippen LogP contribution in [-0.2, 0) is 16.0 Å². The minimum Gasteiger partial charge on any atom is -0.383 e. The average molecular weight is 285 g/mol. The van der Waals surface area contributed by atoms with Crippen LogP contribution in [0.2, 0.25) is 0 Å². The molecule has 0 aliphatic carbocycles. The van der Waals surface area contributed by atoms with Crippen LogP contribution in [0.15, 0.2) is 30.5 Å². The summed E-state index contributed by atoms with van der Waals surface area (Å²) in [6.07, 6.45) is 2.55. The highest BCUT2D eigenvalue weighted by Crippen LogP contribution is 2.18. The molecule has 21 heavy (non-hydrogen) atoms. The Balaban J connectivity index is 2.08. The standard InChI is InChI=1S/C16H19N3O2/c1-21-10-9-19(8-4-7-17)16(20)11-13-12-18-15-6-3-2-5-14(13)15/h2-3,5-6,12,18H,4,8-11H2,1H3. The molecule has 0 aliphatic heterocycles. The number of nitriles is 1. The van der Waals surface area contributed by atoms with E-state index in [1.165, 1.54) is 0 Å².